The highest BCUT2D eigenvalue weighted by Crippen LogP contribution is 2.16. The molecule has 1 rings (SSSR count). The number of ether oxygens (including phenoxy) is 1. The van der Waals surface area contributed by atoms with Gasteiger partial charge in [0.15, 0.2) is 0 Å². The number of nitrogens with zero attached hydrogens (tertiary/aromatic N) is 2. The number of aliphatic hydroxyl groups is 1. The second-order valence-electron chi connectivity index (χ2n) is 3.72. The fraction of sp³-hybridized carbons (Fsp3) is 0.800. The molecule has 0 spiro atoms. The van der Waals surface area contributed by atoms with Crippen molar-refractivity contribution in [3.8, 4) is 0 Å². The van der Waals surface area contributed by atoms with Crippen LogP contribution in [0.2, 0.25) is 0 Å². The summed E-state index contributed by atoms with van der Waals surface area (Å²) in [5, 5.41) is 15.1. The van der Waals surface area contributed by atoms with E-state index in [2.05, 4.69) is 5.10 Å². The summed E-state index contributed by atoms with van der Waals surface area (Å²) in [5.74, 6) is -0.311. The molecule has 0 aromatic carbocycles. The largest absolute Gasteiger partial charge is 0.457 e. The predicted molar refractivity (Wildman–Crippen MR) is 56.5 cm³/mol. The maximum atomic E-state index is 10.6. The Balaban J connectivity index is 2.39. The first-order chi connectivity index (χ1) is 7.13. The Morgan fingerprint density at radius 1 is 1.80 bits per heavy atom. The highest BCUT2D eigenvalue weighted by atomic mass is 16.5. The van der Waals surface area contributed by atoms with Gasteiger partial charge in [-0.3, -0.25) is 9.80 Å². The highest BCUT2D eigenvalue weighted by molar-refractivity contribution is 5.71. The Labute approximate surface area is 89.7 Å². The minimum Gasteiger partial charge on any atom is -0.457 e. The molecule has 0 radical (unpaired) electrons. The van der Waals surface area contributed by atoms with Gasteiger partial charge in [-0.25, -0.2) is 0 Å². The molecule has 1 aliphatic heterocycles. The van der Waals surface area contributed by atoms with Crippen LogP contribution in [0, 0.1) is 0 Å². The van der Waals surface area contributed by atoms with Crippen molar-refractivity contribution in [1.82, 2.24) is 5.01 Å². The lowest BCUT2D eigenvalue weighted by Gasteiger charge is -2.19. The van der Waals surface area contributed by atoms with Gasteiger partial charge in [-0.15, -0.1) is 0 Å². The number of hydrazone groups is 1. The molecule has 0 aromatic rings. The van der Waals surface area contributed by atoms with E-state index in [4.69, 9.17) is 9.84 Å². The zero-order chi connectivity index (χ0) is 11.3. The molecule has 0 saturated carbocycles. The predicted octanol–water partition coefficient (Wildman–Crippen LogP) is 0.380. The van der Waals surface area contributed by atoms with Gasteiger partial charge in [0.25, 0.3) is 0 Å². The molecule has 1 unspecified atom stereocenters. The summed E-state index contributed by atoms with van der Waals surface area (Å²) in [5.41, 5.74) is 0. The smallest absolute Gasteiger partial charge is 0.303 e. The number of carbonyl (C=O) groups excluding carboxylic acids is 1. The average Bonchev–Trinajstić information content (AvgIpc) is 2.60. The Morgan fingerprint density at radius 3 is 3.13 bits per heavy atom. The van der Waals surface area contributed by atoms with Crippen molar-refractivity contribution >= 4 is 12.2 Å². The molecule has 15 heavy (non-hydrogen) atoms. The van der Waals surface area contributed by atoms with Crippen LogP contribution >= 0.6 is 0 Å². The SMILES string of the molecule is CC(=O)OC(C)/C=N/N1CCC[C@H]1CO. The first kappa shape index (κ1) is 12.0. The van der Waals surface area contributed by atoms with Gasteiger partial charge in [-0.2, -0.15) is 5.10 Å². The maximum absolute atomic E-state index is 10.6. The van der Waals surface area contributed by atoms with Crippen LogP contribution in [0.4, 0.5) is 0 Å². The monoisotopic (exact) mass is 214 g/mol. The van der Waals surface area contributed by atoms with E-state index in [0.717, 1.165) is 19.4 Å². The molecule has 2 atom stereocenters. The van der Waals surface area contributed by atoms with Gasteiger partial charge in [0, 0.05) is 13.5 Å². The molecule has 1 saturated heterocycles. The van der Waals surface area contributed by atoms with Gasteiger partial charge in [0.05, 0.1) is 18.9 Å². The van der Waals surface area contributed by atoms with E-state index >= 15 is 0 Å². The lowest BCUT2D eigenvalue weighted by atomic mass is 10.2. The van der Waals surface area contributed by atoms with Crippen LogP contribution < -0.4 is 0 Å². The minimum atomic E-state index is -0.317. The summed E-state index contributed by atoms with van der Waals surface area (Å²) in [6.45, 7) is 4.11. The summed E-state index contributed by atoms with van der Waals surface area (Å²) >= 11 is 0. The number of hydrogen-bond donors (Lipinski definition) is 1. The van der Waals surface area contributed by atoms with Crippen molar-refractivity contribution in [2.75, 3.05) is 13.2 Å². The van der Waals surface area contributed by atoms with E-state index in [9.17, 15) is 4.79 Å². The van der Waals surface area contributed by atoms with Crippen molar-refractivity contribution in [1.29, 1.82) is 0 Å². The summed E-state index contributed by atoms with van der Waals surface area (Å²) in [6.07, 6.45) is 3.29. The van der Waals surface area contributed by atoms with E-state index in [1.165, 1.54) is 6.92 Å². The first-order valence-corrected chi connectivity index (χ1v) is 5.22. The zero-order valence-electron chi connectivity index (χ0n) is 9.22. The molecule has 86 valence electrons. The van der Waals surface area contributed by atoms with Crippen molar-refractivity contribution < 1.29 is 14.6 Å². The minimum absolute atomic E-state index is 0.116. The quantitative estimate of drug-likeness (QED) is 0.543. The Morgan fingerprint density at radius 2 is 2.53 bits per heavy atom. The van der Waals surface area contributed by atoms with Gasteiger partial charge in [0.2, 0.25) is 0 Å². The molecule has 0 aromatic heterocycles. The second-order valence-corrected chi connectivity index (χ2v) is 3.72. The van der Waals surface area contributed by atoms with Crippen molar-refractivity contribution in [3.63, 3.8) is 0 Å². The lowest BCUT2D eigenvalue weighted by Crippen LogP contribution is -2.28. The molecular weight excluding hydrogens is 196 g/mol. The second kappa shape index (κ2) is 5.70. The number of carbonyl (C=O) groups is 1. The maximum Gasteiger partial charge on any atom is 0.303 e. The number of hydrogen-bond acceptors (Lipinski definition) is 5. The molecule has 1 heterocycles. The third-order valence-corrected chi connectivity index (χ3v) is 2.33. The number of aliphatic hydroxyl groups excluding tert-OH is 1. The Kier molecular flexibility index (Phi) is 4.55. The molecular formula is C10H18N2O3. The first-order valence-electron chi connectivity index (χ1n) is 5.22. The molecule has 0 bridgehead atoms. The van der Waals surface area contributed by atoms with Crippen LogP contribution in [0.5, 0.6) is 0 Å². The molecule has 1 aliphatic rings. The Hall–Kier alpha value is -1.10. The fourth-order valence-electron chi connectivity index (χ4n) is 1.63. The zero-order valence-corrected chi connectivity index (χ0v) is 9.22. The van der Waals surface area contributed by atoms with Crippen LogP contribution in [-0.2, 0) is 9.53 Å². The summed E-state index contributed by atoms with van der Waals surface area (Å²) in [6, 6.07) is 0.116. The van der Waals surface area contributed by atoms with Crippen LogP contribution in [-0.4, -0.2) is 47.6 Å². The van der Waals surface area contributed by atoms with Crippen LogP contribution in [0.1, 0.15) is 26.7 Å². The third-order valence-electron chi connectivity index (χ3n) is 2.33. The summed E-state index contributed by atoms with van der Waals surface area (Å²) in [7, 11) is 0. The Bertz CT molecular complexity index is 243. The fourth-order valence-corrected chi connectivity index (χ4v) is 1.63. The van der Waals surface area contributed by atoms with E-state index in [1.807, 2.05) is 5.01 Å². The van der Waals surface area contributed by atoms with Crippen molar-refractivity contribution in [3.05, 3.63) is 0 Å². The molecule has 0 amide bonds. The molecule has 1 fully saturated rings. The molecule has 0 aliphatic carbocycles. The van der Waals surface area contributed by atoms with Gasteiger partial charge in [-0.05, 0) is 19.8 Å². The van der Waals surface area contributed by atoms with Crippen LogP contribution in [0.25, 0.3) is 0 Å². The summed E-state index contributed by atoms with van der Waals surface area (Å²) in [4.78, 5) is 10.6. The lowest BCUT2D eigenvalue weighted by molar-refractivity contribution is -0.142. The van der Waals surface area contributed by atoms with E-state index in [1.54, 1.807) is 13.1 Å². The number of esters is 1. The van der Waals surface area contributed by atoms with E-state index in [-0.39, 0.29) is 24.7 Å². The standard InChI is InChI=1S/C10H18N2O3/c1-8(15-9(2)14)6-11-12-5-3-4-10(12)7-13/h6,8,10,13H,3-5,7H2,1-2H3/b11-6+/t8?,10-/m0/s1. The highest BCUT2D eigenvalue weighted by Gasteiger charge is 2.21. The molecule has 5 heteroatoms. The van der Waals surface area contributed by atoms with Gasteiger partial charge in [0.1, 0.15) is 6.10 Å². The third kappa shape index (κ3) is 3.87. The topological polar surface area (TPSA) is 62.1 Å². The van der Waals surface area contributed by atoms with E-state index < -0.39 is 0 Å². The average molecular weight is 214 g/mol. The molecule has 5 nitrogen and oxygen atoms in total. The normalized spacial score (nSPS) is 23.4. The van der Waals surface area contributed by atoms with Gasteiger partial charge >= 0.3 is 5.97 Å². The van der Waals surface area contributed by atoms with Gasteiger partial charge < -0.3 is 9.84 Å². The van der Waals surface area contributed by atoms with Crippen molar-refractivity contribution in [2.24, 2.45) is 5.10 Å². The summed E-state index contributed by atoms with van der Waals surface area (Å²) < 4.78 is 4.90. The van der Waals surface area contributed by atoms with Gasteiger partial charge in [-0.1, -0.05) is 0 Å². The van der Waals surface area contributed by atoms with Crippen molar-refractivity contribution in [2.45, 2.75) is 38.8 Å². The van der Waals surface area contributed by atoms with E-state index in [0.29, 0.717) is 0 Å². The van der Waals surface area contributed by atoms with Crippen LogP contribution in [0.15, 0.2) is 5.10 Å². The van der Waals surface area contributed by atoms with Crippen LogP contribution in [0.3, 0.4) is 0 Å². The molecule has 1 N–H and O–H groups in total. The number of rotatable bonds is 4.